The summed E-state index contributed by atoms with van der Waals surface area (Å²) in [6.45, 7) is 0. The van der Waals surface area contributed by atoms with E-state index in [2.05, 4.69) is 118 Å². The van der Waals surface area contributed by atoms with Crippen LogP contribution in [0.25, 0.3) is 93.9 Å². The third kappa shape index (κ3) is 4.36. The Balaban J connectivity index is 1.12. The summed E-state index contributed by atoms with van der Waals surface area (Å²) >= 11 is 0. The van der Waals surface area contributed by atoms with Crippen LogP contribution in [-0.2, 0) is 0 Å². The second-order valence-electron chi connectivity index (χ2n) is 13.4. The number of para-hydroxylation sites is 4. The average Bonchev–Trinajstić information content (AvgIpc) is 3.74. The fourth-order valence-corrected chi connectivity index (χ4v) is 8.15. The van der Waals surface area contributed by atoms with Gasteiger partial charge in [-0.05, 0) is 83.2 Å². The van der Waals surface area contributed by atoms with Crippen molar-refractivity contribution in [1.82, 2.24) is 23.7 Å². The lowest BCUT2D eigenvalue weighted by Crippen LogP contribution is -2.20. The predicted octanol–water partition coefficient (Wildman–Crippen LogP) is 10.8. The molecule has 0 atom stereocenters. The summed E-state index contributed by atoms with van der Waals surface area (Å²) in [4.78, 5) is 24.2. The van der Waals surface area contributed by atoms with E-state index < -0.39 is 0 Å². The van der Waals surface area contributed by atoms with Crippen LogP contribution in [0.3, 0.4) is 0 Å². The maximum atomic E-state index is 14.1. The van der Waals surface area contributed by atoms with Crippen molar-refractivity contribution >= 4 is 65.4 Å². The van der Waals surface area contributed by atoms with Gasteiger partial charge in [0.15, 0.2) is 5.65 Å². The van der Waals surface area contributed by atoms with Gasteiger partial charge in [0, 0.05) is 44.2 Å². The zero-order valence-electron chi connectivity index (χ0n) is 28.4. The number of nitrogens with zero attached hydrogens (tertiary/aromatic N) is 5. The van der Waals surface area contributed by atoms with Crippen LogP contribution in [-0.4, -0.2) is 23.7 Å². The number of pyridine rings is 1. The van der Waals surface area contributed by atoms with Crippen LogP contribution in [0.4, 0.5) is 0 Å². The van der Waals surface area contributed by atoms with Crippen LogP contribution in [0.5, 0.6) is 0 Å². The van der Waals surface area contributed by atoms with E-state index in [0.29, 0.717) is 17.0 Å². The third-order valence-electron chi connectivity index (χ3n) is 10.5. The molecule has 4 heterocycles. The maximum absolute atomic E-state index is 14.1. The second-order valence-corrected chi connectivity index (χ2v) is 13.4. The molecule has 248 valence electrons. The van der Waals surface area contributed by atoms with Crippen LogP contribution >= 0.6 is 0 Å². The summed E-state index contributed by atoms with van der Waals surface area (Å²) in [5.41, 5.74) is 8.98. The van der Waals surface area contributed by atoms with E-state index in [-0.39, 0.29) is 5.56 Å². The predicted molar refractivity (Wildman–Crippen MR) is 217 cm³/mol. The van der Waals surface area contributed by atoms with Gasteiger partial charge in [0.2, 0.25) is 5.95 Å². The van der Waals surface area contributed by atoms with E-state index >= 15 is 0 Å². The number of hydrogen-bond acceptors (Lipinski definition) is 3. The number of rotatable bonds is 4. The molecule has 6 heteroatoms. The molecule has 0 N–H and O–H groups in total. The molecule has 11 aromatic rings. The molecule has 6 nitrogen and oxygen atoms in total. The van der Waals surface area contributed by atoms with Crippen LogP contribution in [0.2, 0.25) is 0 Å². The van der Waals surface area contributed by atoms with Gasteiger partial charge in [-0.15, -0.1) is 0 Å². The first-order valence-corrected chi connectivity index (χ1v) is 17.7. The molecule has 0 aliphatic carbocycles. The van der Waals surface area contributed by atoms with E-state index in [1.807, 2.05) is 66.9 Å². The molecule has 11 rings (SSSR count). The number of hydrogen-bond donors (Lipinski definition) is 0. The fraction of sp³-hybridized carbons (Fsp3) is 0. The zero-order chi connectivity index (χ0) is 35.0. The highest BCUT2D eigenvalue weighted by molar-refractivity contribution is 6.13. The Morgan fingerprint density at radius 2 is 0.849 bits per heavy atom. The number of aromatic nitrogens is 5. The molecule has 0 bridgehead atoms. The molecule has 0 amide bonds. The summed E-state index contributed by atoms with van der Waals surface area (Å²) in [6, 6.07) is 58.4. The standard InChI is InChI=1S/C47H29N5O/c53-46-37-20-8-7-17-34(37)40-29-48-47(49-45(40)51(46)33-15-5-2-6-16-33)52-42-22-12-10-19-36(42)39-28-31(24-26-44(39)52)30-23-25-43-38(27-30)35-18-9-11-21-41(35)50(43)32-13-3-1-4-14-32/h1-29H. The highest BCUT2D eigenvalue weighted by atomic mass is 16.1. The quantitative estimate of drug-likeness (QED) is 0.174. The van der Waals surface area contributed by atoms with E-state index in [1.165, 1.54) is 21.8 Å². The molecular weight excluding hydrogens is 651 g/mol. The monoisotopic (exact) mass is 679 g/mol. The van der Waals surface area contributed by atoms with Gasteiger partial charge in [-0.2, -0.15) is 4.98 Å². The van der Waals surface area contributed by atoms with Crippen molar-refractivity contribution in [3.8, 4) is 28.5 Å². The topological polar surface area (TPSA) is 57.6 Å². The minimum atomic E-state index is -0.111. The van der Waals surface area contributed by atoms with Gasteiger partial charge in [0.1, 0.15) is 0 Å². The molecule has 53 heavy (non-hydrogen) atoms. The molecule has 0 aliphatic rings. The first-order valence-electron chi connectivity index (χ1n) is 17.7. The molecule has 0 unspecified atom stereocenters. The Kier molecular flexibility index (Phi) is 6.30. The summed E-state index contributed by atoms with van der Waals surface area (Å²) in [7, 11) is 0. The Labute approximate surface area is 303 Å². The van der Waals surface area contributed by atoms with Crippen molar-refractivity contribution < 1.29 is 0 Å². The van der Waals surface area contributed by atoms with Crippen molar-refractivity contribution in [2.75, 3.05) is 0 Å². The first-order chi connectivity index (χ1) is 26.2. The Bertz CT molecular complexity index is 3300. The fourth-order valence-electron chi connectivity index (χ4n) is 8.15. The molecular formula is C47H29N5O. The van der Waals surface area contributed by atoms with E-state index in [9.17, 15) is 4.79 Å². The van der Waals surface area contributed by atoms with Crippen LogP contribution in [0, 0.1) is 0 Å². The zero-order valence-corrected chi connectivity index (χ0v) is 28.4. The second kappa shape index (κ2) is 11.4. The third-order valence-corrected chi connectivity index (χ3v) is 10.5. The van der Waals surface area contributed by atoms with E-state index in [1.54, 1.807) is 4.57 Å². The minimum Gasteiger partial charge on any atom is -0.309 e. The smallest absolute Gasteiger partial charge is 0.264 e. The van der Waals surface area contributed by atoms with Gasteiger partial charge in [0.05, 0.1) is 27.8 Å². The highest BCUT2D eigenvalue weighted by Gasteiger charge is 2.19. The van der Waals surface area contributed by atoms with Gasteiger partial charge in [-0.25, -0.2) is 4.98 Å². The lowest BCUT2D eigenvalue weighted by atomic mass is 10.0. The summed E-state index contributed by atoms with van der Waals surface area (Å²) in [5, 5.41) is 6.93. The highest BCUT2D eigenvalue weighted by Crippen LogP contribution is 2.38. The molecule has 0 saturated carbocycles. The number of benzene rings is 7. The van der Waals surface area contributed by atoms with E-state index in [0.717, 1.165) is 55.1 Å². The first kappa shape index (κ1) is 29.4. The Hall–Kier alpha value is -7.31. The van der Waals surface area contributed by atoms with Gasteiger partial charge in [0.25, 0.3) is 5.56 Å². The molecule has 0 fully saturated rings. The molecule has 7 aromatic carbocycles. The van der Waals surface area contributed by atoms with E-state index in [4.69, 9.17) is 9.97 Å². The van der Waals surface area contributed by atoms with Crippen molar-refractivity contribution in [2.24, 2.45) is 0 Å². The SMILES string of the molecule is O=c1c2ccccc2c2cnc(-n3c4ccccc4c4cc(-c5ccc6c(c5)c5ccccc5n6-c5ccccc5)ccc43)nc2n1-c1ccccc1. The average molecular weight is 680 g/mol. The Morgan fingerprint density at radius 1 is 0.377 bits per heavy atom. The number of fused-ring (bicyclic) bond motifs is 9. The molecule has 0 aliphatic heterocycles. The lowest BCUT2D eigenvalue weighted by Gasteiger charge is -2.14. The minimum absolute atomic E-state index is 0.111. The Morgan fingerprint density at radius 3 is 1.47 bits per heavy atom. The summed E-state index contributed by atoms with van der Waals surface area (Å²) in [6.07, 6.45) is 1.86. The van der Waals surface area contributed by atoms with Crippen molar-refractivity contribution in [1.29, 1.82) is 0 Å². The van der Waals surface area contributed by atoms with Crippen LogP contribution < -0.4 is 5.56 Å². The van der Waals surface area contributed by atoms with Gasteiger partial charge >= 0.3 is 0 Å². The summed E-state index contributed by atoms with van der Waals surface area (Å²) < 4.78 is 6.16. The lowest BCUT2D eigenvalue weighted by molar-refractivity contribution is 0.965. The largest absolute Gasteiger partial charge is 0.309 e. The maximum Gasteiger partial charge on any atom is 0.264 e. The van der Waals surface area contributed by atoms with Gasteiger partial charge in [-0.1, -0.05) is 103 Å². The van der Waals surface area contributed by atoms with Crippen LogP contribution in [0.1, 0.15) is 0 Å². The molecule has 0 radical (unpaired) electrons. The van der Waals surface area contributed by atoms with Crippen molar-refractivity contribution in [2.45, 2.75) is 0 Å². The van der Waals surface area contributed by atoms with Gasteiger partial charge in [-0.3, -0.25) is 13.9 Å². The molecule has 0 saturated heterocycles. The normalized spacial score (nSPS) is 11.8. The molecule has 4 aromatic heterocycles. The molecule has 0 spiro atoms. The summed E-state index contributed by atoms with van der Waals surface area (Å²) in [5.74, 6) is 0.506. The van der Waals surface area contributed by atoms with Crippen LogP contribution in [0.15, 0.2) is 181 Å². The van der Waals surface area contributed by atoms with Gasteiger partial charge < -0.3 is 4.57 Å². The van der Waals surface area contributed by atoms with Crippen molar-refractivity contribution in [3.05, 3.63) is 186 Å². The van der Waals surface area contributed by atoms with Crippen molar-refractivity contribution in [3.63, 3.8) is 0 Å².